The number of carbonyl (C=O) groups excluding carboxylic acids is 2. The molecule has 0 spiro atoms. The fourth-order valence-corrected chi connectivity index (χ4v) is 2.44. The second-order valence-electron chi connectivity index (χ2n) is 5.51. The number of halogens is 1. The Balaban J connectivity index is 1.64. The molecule has 0 fully saturated rings. The average molecular weight is 371 g/mol. The van der Waals surface area contributed by atoms with E-state index in [0.717, 1.165) is 0 Å². The summed E-state index contributed by atoms with van der Waals surface area (Å²) in [5.74, 6) is -0.376. The van der Waals surface area contributed by atoms with Gasteiger partial charge in [0.2, 0.25) is 5.91 Å². The summed E-state index contributed by atoms with van der Waals surface area (Å²) in [5, 5.41) is 6.86. The van der Waals surface area contributed by atoms with E-state index in [1.807, 2.05) is 0 Å². The summed E-state index contributed by atoms with van der Waals surface area (Å²) in [6.45, 7) is -0.154. The van der Waals surface area contributed by atoms with Gasteiger partial charge in [-0.1, -0.05) is 28.9 Å². The number of para-hydroxylation sites is 1. The highest BCUT2D eigenvalue weighted by molar-refractivity contribution is 6.33. The van der Waals surface area contributed by atoms with Gasteiger partial charge in [-0.05, 0) is 24.3 Å². The number of pyridine rings is 1. The lowest BCUT2D eigenvalue weighted by Gasteiger charge is -2.15. The third kappa shape index (κ3) is 4.07. The lowest BCUT2D eigenvalue weighted by Crippen LogP contribution is -2.35. The average Bonchev–Trinajstić information content (AvgIpc) is 3.14. The van der Waals surface area contributed by atoms with Gasteiger partial charge in [-0.15, -0.1) is 0 Å². The van der Waals surface area contributed by atoms with Gasteiger partial charge in [0.05, 0.1) is 17.3 Å². The molecule has 0 saturated carbocycles. The van der Waals surface area contributed by atoms with Crippen LogP contribution in [-0.2, 0) is 4.79 Å². The molecular formula is C18H15ClN4O3. The number of nitrogens with one attached hydrogen (secondary N) is 1. The van der Waals surface area contributed by atoms with E-state index in [1.54, 1.807) is 48.8 Å². The second-order valence-corrected chi connectivity index (χ2v) is 5.91. The Morgan fingerprint density at radius 1 is 1.23 bits per heavy atom. The zero-order chi connectivity index (χ0) is 18.5. The number of nitrogens with zero attached hydrogens (tertiary/aromatic N) is 3. The molecule has 7 nitrogen and oxygen atoms in total. The Bertz CT molecular complexity index is 927. The fourth-order valence-electron chi connectivity index (χ4n) is 2.26. The Morgan fingerprint density at radius 3 is 2.77 bits per heavy atom. The fraction of sp³-hybridized carbons (Fsp3) is 0.111. The topological polar surface area (TPSA) is 88.3 Å². The van der Waals surface area contributed by atoms with Crippen LogP contribution in [0, 0.1) is 0 Å². The molecule has 0 saturated heterocycles. The first kappa shape index (κ1) is 17.6. The maximum atomic E-state index is 12.4. The Hall–Kier alpha value is -3.19. The van der Waals surface area contributed by atoms with E-state index in [1.165, 1.54) is 18.0 Å². The van der Waals surface area contributed by atoms with Crippen LogP contribution < -0.4 is 5.32 Å². The molecule has 0 aliphatic carbocycles. The van der Waals surface area contributed by atoms with Crippen molar-refractivity contribution in [3.8, 4) is 11.3 Å². The lowest BCUT2D eigenvalue weighted by atomic mass is 10.2. The van der Waals surface area contributed by atoms with Gasteiger partial charge < -0.3 is 14.7 Å². The molecule has 0 aliphatic heterocycles. The van der Waals surface area contributed by atoms with Crippen LogP contribution in [0.3, 0.4) is 0 Å². The van der Waals surface area contributed by atoms with Gasteiger partial charge in [0.15, 0.2) is 11.5 Å². The molecule has 2 aromatic heterocycles. The SMILES string of the molecule is CN(CC(=O)Nc1ccccc1Cl)C(=O)c1cc(-c2cccnc2)on1. The van der Waals surface area contributed by atoms with Crippen LogP contribution in [0.2, 0.25) is 5.02 Å². The number of hydrogen-bond donors (Lipinski definition) is 1. The van der Waals surface area contributed by atoms with Crippen LogP contribution in [0.4, 0.5) is 5.69 Å². The molecule has 26 heavy (non-hydrogen) atoms. The van der Waals surface area contributed by atoms with Gasteiger partial charge >= 0.3 is 0 Å². The second kappa shape index (κ2) is 7.79. The molecule has 132 valence electrons. The Labute approximate surface area is 154 Å². The van der Waals surface area contributed by atoms with Gasteiger partial charge in [0, 0.05) is 31.1 Å². The summed E-state index contributed by atoms with van der Waals surface area (Å²) in [6.07, 6.45) is 3.24. The minimum atomic E-state index is -0.432. The van der Waals surface area contributed by atoms with Gasteiger partial charge in [-0.25, -0.2) is 0 Å². The van der Waals surface area contributed by atoms with Crippen LogP contribution in [0.25, 0.3) is 11.3 Å². The van der Waals surface area contributed by atoms with Crippen molar-refractivity contribution in [3.05, 3.63) is 65.6 Å². The third-order valence-electron chi connectivity index (χ3n) is 3.55. The highest BCUT2D eigenvalue weighted by Crippen LogP contribution is 2.21. The van der Waals surface area contributed by atoms with Crippen LogP contribution in [0.1, 0.15) is 10.5 Å². The first-order valence-electron chi connectivity index (χ1n) is 7.71. The van der Waals surface area contributed by atoms with E-state index in [4.69, 9.17) is 16.1 Å². The molecule has 0 radical (unpaired) electrons. The molecule has 2 heterocycles. The quantitative estimate of drug-likeness (QED) is 0.745. The van der Waals surface area contributed by atoms with Crippen molar-refractivity contribution in [3.63, 3.8) is 0 Å². The number of amides is 2. The molecule has 8 heteroatoms. The molecule has 2 amide bonds. The molecule has 0 bridgehead atoms. The largest absolute Gasteiger partial charge is 0.355 e. The molecule has 3 aromatic rings. The van der Waals surface area contributed by atoms with Crippen molar-refractivity contribution in [2.75, 3.05) is 18.9 Å². The van der Waals surface area contributed by atoms with Gasteiger partial charge in [-0.2, -0.15) is 0 Å². The monoisotopic (exact) mass is 370 g/mol. The predicted octanol–water partition coefficient (Wildman–Crippen LogP) is 3.10. The van der Waals surface area contributed by atoms with Crippen LogP contribution >= 0.6 is 11.6 Å². The van der Waals surface area contributed by atoms with E-state index in [0.29, 0.717) is 22.0 Å². The highest BCUT2D eigenvalue weighted by atomic mass is 35.5. The third-order valence-corrected chi connectivity index (χ3v) is 3.88. The number of anilines is 1. The van der Waals surface area contributed by atoms with Crippen molar-refractivity contribution in [1.29, 1.82) is 0 Å². The van der Waals surface area contributed by atoms with E-state index >= 15 is 0 Å². The molecule has 0 unspecified atom stereocenters. The Morgan fingerprint density at radius 2 is 2.04 bits per heavy atom. The number of carbonyl (C=O) groups is 2. The number of benzene rings is 1. The number of aromatic nitrogens is 2. The number of likely N-dealkylation sites (N-methyl/N-ethyl adjacent to an activating group) is 1. The first-order valence-corrected chi connectivity index (χ1v) is 8.09. The van der Waals surface area contributed by atoms with Crippen LogP contribution in [0.15, 0.2) is 59.4 Å². The maximum Gasteiger partial charge on any atom is 0.276 e. The summed E-state index contributed by atoms with van der Waals surface area (Å²) < 4.78 is 5.18. The summed E-state index contributed by atoms with van der Waals surface area (Å²) in [4.78, 5) is 29.8. The van der Waals surface area contributed by atoms with E-state index < -0.39 is 5.91 Å². The van der Waals surface area contributed by atoms with Crippen molar-refractivity contribution in [1.82, 2.24) is 15.0 Å². The smallest absolute Gasteiger partial charge is 0.276 e. The van der Waals surface area contributed by atoms with Crippen molar-refractivity contribution in [2.45, 2.75) is 0 Å². The van der Waals surface area contributed by atoms with Crippen LogP contribution in [0.5, 0.6) is 0 Å². The normalized spacial score (nSPS) is 10.4. The van der Waals surface area contributed by atoms with Crippen molar-refractivity contribution >= 4 is 29.1 Å². The Kier molecular flexibility index (Phi) is 5.28. The first-order chi connectivity index (χ1) is 12.5. The minimum absolute atomic E-state index is 0.108. The minimum Gasteiger partial charge on any atom is -0.355 e. The standard InChI is InChI=1S/C18H15ClN4O3/c1-23(11-17(24)21-14-7-3-2-6-13(14)19)18(25)15-9-16(26-22-15)12-5-4-8-20-10-12/h2-10H,11H2,1H3,(H,21,24). The predicted molar refractivity (Wildman–Crippen MR) is 96.8 cm³/mol. The molecular weight excluding hydrogens is 356 g/mol. The zero-order valence-electron chi connectivity index (χ0n) is 13.8. The molecule has 1 N–H and O–H groups in total. The molecule has 0 atom stereocenters. The van der Waals surface area contributed by atoms with E-state index in [9.17, 15) is 9.59 Å². The van der Waals surface area contributed by atoms with Crippen molar-refractivity contribution < 1.29 is 14.1 Å². The summed E-state index contributed by atoms with van der Waals surface area (Å²) >= 11 is 6.00. The number of rotatable bonds is 5. The van der Waals surface area contributed by atoms with Crippen molar-refractivity contribution in [2.24, 2.45) is 0 Å². The summed E-state index contributed by atoms with van der Waals surface area (Å²) in [7, 11) is 1.51. The molecule has 1 aromatic carbocycles. The van der Waals surface area contributed by atoms with Gasteiger partial charge in [-0.3, -0.25) is 14.6 Å². The molecule has 0 aliphatic rings. The molecule has 3 rings (SSSR count). The maximum absolute atomic E-state index is 12.4. The lowest BCUT2D eigenvalue weighted by molar-refractivity contribution is -0.116. The van der Waals surface area contributed by atoms with Gasteiger partial charge in [0.1, 0.15) is 0 Å². The van der Waals surface area contributed by atoms with Gasteiger partial charge in [0.25, 0.3) is 5.91 Å². The van der Waals surface area contributed by atoms with E-state index in [-0.39, 0.29) is 18.1 Å². The zero-order valence-corrected chi connectivity index (χ0v) is 14.6. The highest BCUT2D eigenvalue weighted by Gasteiger charge is 2.20. The summed E-state index contributed by atoms with van der Waals surface area (Å²) in [5.41, 5.74) is 1.30. The summed E-state index contributed by atoms with van der Waals surface area (Å²) in [6, 6.07) is 11.9. The van der Waals surface area contributed by atoms with Crippen LogP contribution in [-0.4, -0.2) is 40.4 Å². The number of hydrogen-bond acceptors (Lipinski definition) is 5. The van der Waals surface area contributed by atoms with E-state index in [2.05, 4.69) is 15.5 Å².